The van der Waals surface area contributed by atoms with Gasteiger partial charge in [0.25, 0.3) is 0 Å². The van der Waals surface area contributed by atoms with E-state index in [2.05, 4.69) is 0 Å². The van der Waals surface area contributed by atoms with Crippen molar-refractivity contribution in [1.82, 2.24) is 0 Å². The highest BCUT2D eigenvalue weighted by molar-refractivity contribution is 6.32. The van der Waals surface area contributed by atoms with E-state index in [0.717, 1.165) is 6.07 Å². The SMILES string of the molecule is CCCC(=O)c1cc(F)c(O)c(Cl)c1. The molecule has 76 valence electrons. The Bertz CT molecular complexity index is 340. The summed E-state index contributed by atoms with van der Waals surface area (Å²) < 4.78 is 13.0. The van der Waals surface area contributed by atoms with E-state index in [0.29, 0.717) is 12.8 Å². The van der Waals surface area contributed by atoms with Crippen molar-refractivity contribution in [2.45, 2.75) is 19.8 Å². The van der Waals surface area contributed by atoms with Crippen LogP contribution in [0.5, 0.6) is 5.75 Å². The van der Waals surface area contributed by atoms with Crippen LogP contribution in [0.2, 0.25) is 5.02 Å². The number of hydrogen-bond acceptors (Lipinski definition) is 2. The van der Waals surface area contributed by atoms with Crippen LogP contribution in [-0.2, 0) is 0 Å². The first-order chi connectivity index (χ1) is 6.56. The van der Waals surface area contributed by atoms with Crippen LogP contribution < -0.4 is 0 Å². The molecule has 1 aromatic rings. The van der Waals surface area contributed by atoms with E-state index in [4.69, 9.17) is 16.7 Å². The third kappa shape index (κ3) is 2.23. The van der Waals surface area contributed by atoms with Crippen LogP contribution in [0.1, 0.15) is 30.1 Å². The Morgan fingerprint density at radius 3 is 2.71 bits per heavy atom. The summed E-state index contributed by atoms with van der Waals surface area (Å²) in [4.78, 5) is 11.4. The lowest BCUT2D eigenvalue weighted by Crippen LogP contribution is -1.99. The summed E-state index contributed by atoms with van der Waals surface area (Å²) in [7, 11) is 0. The smallest absolute Gasteiger partial charge is 0.170 e. The minimum atomic E-state index is -0.864. The third-order valence-electron chi connectivity index (χ3n) is 1.82. The van der Waals surface area contributed by atoms with Gasteiger partial charge in [0.05, 0.1) is 5.02 Å². The van der Waals surface area contributed by atoms with E-state index in [9.17, 15) is 9.18 Å². The van der Waals surface area contributed by atoms with Crippen molar-refractivity contribution in [1.29, 1.82) is 0 Å². The monoisotopic (exact) mass is 216 g/mol. The maximum Gasteiger partial charge on any atom is 0.170 e. The second kappa shape index (κ2) is 4.42. The minimum absolute atomic E-state index is 0.135. The van der Waals surface area contributed by atoms with Crippen molar-refractivity contribution in [2.24, 2.45) is 0 Å². The lowest BCUT2D eigenvalue weighted by molar-refractivity contribution is 0.0981. The van der Waals surface area contributed by atoms with Crippen LogP contribution in [0.25, 0.3) is 0 Å². The van der Waals surface area contributed by atoms with Crippen molar-refractivity contribution in [2.75, 3.05) is 0 Å². The number of ketones is 1. The van der Waals surface area contributed by atoms with E-state index in [1.165, 1.54) is 6.07 Å². The summed E-state index contributed by atoms with van der Waals surface area (Å²) >= 11 is 5.52. The molecule has 0 spiro atoms. The quantitative estimate of drug-likeness (QED) is 0.788. The summed E-state index contributed by atoms with van der Waals surface area (Å²) in [5.41, 5.74) is 0.201. The van der Waals surface area contributed by atoms with Gasteiger partial charge in [-0.3, -0.25) is 4.79 Å². The molecule has 0 radical (unpaired) electrons. The number of Topliss-reactive ketones (excluding diaryl/α,β-unsaturated/α-hetero) is 1. The summed E-state index contributed by atoms with van der Waals surface area (Å²) in [5.74, 6) is -1.65. The molecule has 1 aromatic carbocycles. The number of carbonyl (C=O) groups is 1. The summed E-state index contributed by atoms with van der Waals surface area (Å²) in [6.45, 7) is 1.86. The number of benzene rings is 1. The van der Waals surface area contributed by atoms with Crippen LogP contribution in [-0.4, -0.2) is 10.9 Å². The first kappa shape index (κ1) is 11.0. The zero-order valence-electron chi connectivity index (χ0n) is 7.68. The summed E-state index contributed by atoms with van der Waals surface area (Å²) in [6.07, 6.45) is 1.04. The highest BCUT2D eigenvalue weighted by Gasteiger charge is 2.12. The van der Waals surface area contributed by atoms with Gasteiger partial charge < -0.3 is 5.11 Å². The van der Waals surface area contributed by atoms with E-state index < -0.39 is 11.6 Å². The topological polar surface area (TPSA) is 37.3 Å². The Labute approximate surface area is 86.3 Å². The number of halogens is 2. The zero-order valence-corrected chi connectivity index (χ0v) is 8.44. The van der Waals surface area contributed by atoms with Crippen LogP contribution in [0.4, 0.5) is 4.39 Å². The highest BCUT2D eigenvalue weighted by atomic mass is 35.5. The number of rotatable bonds is 3. The zero-order chi connectivity index (χ0) is 10.7. The van der Waals surface area contributed by atoms with Gasteiger partial charge in [0.2, 0.25) is 0 Å². The first-order valence-electron chi connectivity index (χ1n) is 4.27. The van der Waals surface area contributed by atoms with Crippen LogP contribution in [0, 0.1) is 5.82 Å². The average Bonchev–Trinajstić information content (AvgIpc) is 2.13. The minimum Gasteiger partial charge on any atom is -0.504 e. The van der Waals surface area contributed by atoms with Crippen molar-refractivity contribution in [3.8, 4) is 5.75 Å². The normalized spacial score (nSPS) is 10.2. The number of hydrogen-bond donors (Lipinski definition) is 1. The second-order valence-corrected chi connectivity index (χ2v) is 3.37. The predicted molar refractivity (Wildman–Crippen MR) is 52.3 cm³/mol. The van der Waals surface area contributed by atoms with Crippen molar-refractivity contribution >= 4 is 17.4 Å². The van der Waals surface area contributed by atoms with Gasteiger partial charge in [-0.1, -0.05) is 18.5 Å². The van der Waals surface area contributed by atoms with E-state index in [1.54, 1.807) is 0 Å². The third-order valence-corrected chi connectivity index (χ3v) is 2.10. The molecule has 0 unspecified atom stereocenters. The highest BCUT2D eigenvalue weighted by Crippen LogP contribution is 2.28. The molecule has 0 aromatic heterocycles. The van der Waals surface area contributed by atoms with Gasteiger partial charge in [-0.15, -0.1) is 0 Å². The van der Waals surface area contributed by atoms with Gasteiger partial charge >= 0.3 is 0 Å². The molecule has 0 saturated heterocycles. The van der Waals surface area contributed by atoms with Gasteiger partial charge in [0, 0.05) is 12.0 Å². The molecule has 0 heterocycles. The van der Waals surface area contributed by atoms with E-state index in [-0.39, 0.29) is 16.4 Å². The number of phenols is 1. The molecule has 0 saturated carbocycles. The fraction of sp³-hybridized carbons (Fsp3) is 0.300. The van der Waals surface area contributed by atoms with E-state index >= 15 is 0 Å². The van der Waals surface area contributed by atoms with E-state index in [1.807, 2.05) is 6.92 Å². The molecule has 0 atom stereocenters. The Balaban J connectivity index is 3.06. The number of carbonyl (C=O) groups excluding carboxylic acids is 1. The molecule has 2 nitrogen and oxygen atoms in total. The van der Waals surface area contributed by atoms with Crippen molar-refractivity contribution in [3.63, 3.8) is 0 Å². The molecule has 14 heavy (non-hydrogen) atoms. The lowest BCUT2D eigenvalue weighted by atomic mass is 10.1. The molecule has 1 N–H and O–H groups in total. The van der Waals surface area contributed by atoms with Crippen LogP contribution >= 0.6 is 11.6 Å². The molecular weight excluding hydrogens is 207 g/mol. The largest absolute Gasteiger partial charge is 0.504 e. The maximum absolute atomic E-state index is 13.0. The fourth-order valence-corrected chi connectivity index (χ4v) is 1.31. The van der Waals surface area contributed by atoms with Crippen molar-refractivity contribution in [3.05, 3.63) is 28.5 Å². The van der Waals surface area contributed by atoms with Gasteiger partial charge in [-0.05, 0) is 18.6 Å². The number of aromatic hydroxyl groups is 1. The lowest BCUT2D eigenvalue weighted by Gasteiger charge is -2.02. The Morgan fingerprint density at radius 1 is 1.57 bits per heavy atom. The summed E-state index contributed by atoms with van der Waals surface area (Å²) in [6, 6.07) is 2.27. The molecule has 0 amide bonds. The van der Waals surface area contributed by atoms with Crippen LogP contribution in [0.15, 0.2) is 12.1 Å². The molecular formula is C10H10ClFO2. The second-order valence-electron chi connectivity index (χ2n) is 2.96. The Hall–Kier alpha value is -1.09. The maximum atomic E-state index is 13.0. The predicted octanol–water partition coefficient (Wildman–Crippen LogP) is 3.17. The van der Waals surface area contributed by atoms with Gasteiger partial charge in [-0.25, -0.2) is 4.39 Å². The van der Waals surface area contributed by atoms with Gasteiger partial charge in [0.1, 0.15) is 0 Å². The molecule has 1 rings (SSSR count). The first-order valence-corrected chi connectivity index (χ1v) is 4.65. The Morgan fingerprint density at radius 2 is 2.21 bits per heavy atom. The van der Waals surface area contributed by atoms with Gasteiger partial charge in [0.15, 0.2) is 17.3 Å². The summed E-state index contributed by atoms with van der Waals surface area (Å²) in [5, 5.41) is 8.89. The molecule has 0 aliphatic rings. The van der Waals surface area contributed by atoms with Crippen LogP contribution in [0.3, 0.4) is 0 Å². The number of phenolic OH excluding ortho intramolecular Hbond substituents is 1. The molecule has 0 aliphatic carbocycles. The average molecular weight is 217 g/mol. The fourth-order valence-electron chi connectivity index (χ4n) is 1.10. The van der Waals surface area contributed by atoms with Crippen molar-refractivity contribution < 1.29 is 14.3 Å². The molecule has 0 bridgehead atoms. The Kier molecular flexibility index (Phi) is 3.47. The molecule has 4 heteroatoms. The molecule has 0 aliphatic heterocycles. The standard InChI is InChI=1S/C10H10ClFO2/c1-2-3-9(13)6-4-7(11)10(14)8(12)5-6/h4-5,14H,2-3H2,1H3. The van der Waals surface area contributed by atoms with Gasteiger partial charge in [-0.2, -0.15) is 0 Å². The molecule has 0 fully saturated rings.